The van der Waals surface area contributed by atoms with Crippen LogP contribution in [0.4, 0.5) is 11.9 Å². The zero-order valence-corrected chi connectivity index (χ0v) is 14.5. The van der Waals surface area contributed by atoms with Crippen molar-refractivity contribution in [3.63, 3.8) is 0 Å². The van der Waals surface area contributed by atoms with E-state index in [-0.39, 0.29) is 18.4 Å². The number of fused-ring (bicyclic) bond motifs is 1. The van der Waals surface area contributed by atoms with Gasteiger partial charge in [0.1, 0.15) is 6.04 Å². The molecule has 0 aliphatic heterocycles. The third-order valence-corrected chi connectivity index (χ3v) is 3.68. The average molecular weight is 358 g/mol. The van der Waals surface area contributed by atoms with Gasteiger partial charge in [0.05, 0.1) is 5.52 Å². The standard InChI is InChI=1S/C16H18N6O4/c1-9(22-10-6-4-5-7-11(10)26-16(22)24)13(23)25-8-12-18-14(17)20-15(19-12)21(2)3/h4-7,9H,8H2,1-3H3,(H2,17,18,19,20)/t9-/m1/s1. The molecule has 10 heteroatoms. The largest absolute Gasteiger partial charge is 0.456 e. The van der Waals surface area contributed by atoms with Gasteiger partial charge in [-0.15, -0.1) is 0 Å². The lowest BCUT2D eigenvalue weighted by Crippen LogP contribution is -2.26. The van der Waals surface area contributed by atoms with Gasteiger partial charge in [0, 0.05) is 14.1 Å². The summed E-state index contributed by atoms with van der Waals surface area (Å²) in [4.78, 5) is 38.2. The van der Waals surface area contributed by atoms with Crippen molar-refractivity contribution in [1.82, 2.24) is 19.5 Å². The normalized spacial score (nSPS) is 12.1. The summed E-state index contributed by atoms with van der Waals surface area (Å²) in [6, 6.07) is 5.97. The number of nitrogen functional groups attached to an aromatic ring is 1. The maximum absolute atomic E-state index is 12.4. The number of esters is 1. The first-order chi connectivity index (χ1) is 12.4. The predicted octanol–water partition coefficient (Wildman–Crippen LogP) is 0.732. The molecular formula is C16H18N6O4. The topological polar surface area (TPSA) is 129 Å². The van der Waals surface area contributed by atoms with Crippen molar-refractivity contribution in [3.05, 3.63) is 40.6 Å². The Kier molecular flexibility index (Phi) is 4.57. The van der Waals surface area contributed by atoms with E-state index in [1.807, 2.05) is 0 Å². The molecule has 0 bridgehead atoms. The van der Waals surface area contributed by atoms with Crippen LogP contribution in [0.2, 0.25) is 0 Å². The first-order valence-corrected chi connectivity index (χ1v) is 7.81. The molecule has 2 heterocycles. The number of nitrogens with zero attached hydrogens (tertiary/aromatic N) is 5. The number of nitrogens with two attached hydrogens (primary N) is 1. The first-order valence-electron chi connectivity index (χ1n) is 7.81. The molecule has 3 rings (SSSR count). The van der Waals surface area contributed by atoms with Crippen molar-refractivity contribution < 1.29 is 13.9 Å². The van der Waals surface area contributed by atoms with Crippen molar-refractivity contribution in [3.8, 4) is 0 Å². The molecule has 0 saturated carbocycles. The zero-order valence-electron chi connectivity index (χ0n) is 14.5. The summed E-state index contributed by atoms with van der Waals surface area (Å²) in [5.74, 6) is -0.654. The summed E-state index contributed by atoms with van der Waals surface area (Å²) in [5, 5.41) is 0. The van der Waals surface area contributed by atoms with Crippen LogP contribution in [-0.2, 0) is 16.1 Å². The maximum atomic E-state index is 12.4. The Bertz CT molecular complexity index is 1010. The highest BCUT2D eigenvalue weighted by Crippen LogP contribution is 2.18. The van der Waals surface area contributed by atoms with Crippen LogP contribution in [0.5, 0.6) is 0 Å². The minimum Gasteiger partial charge on any atom is -0.456 e. The lowest BCUT2D eigenvalue weighted by molar-refractivity contribution is -0.148. The van der Waals surface area contributed by atoms with Gasteiger partial charge in [-0.3, -0.25) is 4.57 Å². The quantitative estimate of drug-likeness (QED) is 0.656. The molecule has 2 N–H and O–H groups in total. The van der Waals surface area contributed by atoms with Crippen molar-refractivity contribution in [1.29, 1.82) is 0 Å². The number of aromatic nitrogens is 4. The van der Waals surface area contributed by atoms with E-state index < -0.39 is 17.8 Å². The molecule has 1 atom stereocenters. The SMILES string of the molecule is C[C@H](C(=O)OCc1nc(N)nc(N(C)C)n1)n1c(=O)oc2ccccc21. The maximum Gasteiger partial charge on any atom is 0.420 e. The van der Waals surface area contributed by atoms with Gasteiger partial charge in [-0.25, -0.2) is 9.59 Å². The second-order valence-electron chi connectivity index (χ2n) is 5.79. The van der Waals surface area contributed by atoms with E-state index in [4.69, 9.17) is 14.9 Å². The second kappa shape index (κ2) is 6.82. The first kappa shape index (κ1) is 17.4. The van der Waals surface area contributed by atoms with E-state index in [1.54, 1.807) is 50.2 Å². The number of hydrogen-bond donors (Lipinski definition) is 1. The number of anilines is 2. The smallest absolute Gasteiger partial charge is 0.420 e. The zero-order chi connectivity index (χ0) is 18.8. The van der Waals surface area contributed by atoms with Crippen molar-refractivity contribution in [2.75, 3.05) is 24.7 Å². The lowest BCUT2D eigenvalue weighted by Gasteiger charge is -2.13. The summed E-state index contributed by atoms with van der Waals surface area (Å²) in [5.41, 5.74) is 6.55. The van der Waals surface area contributed by atoms with Gasteiger partial charge < -0.3 is 19.8 Å². The van der Waals surface area contributed by atoms with Crippen LogP contribution in [0.3, 0.4) is 0 Å². The fourth-order valence-corrected chi connectivity index (χ4v) is 2.40. The molecular weight excluding hydrogens is 340 g/mol. The number of ether oxygens (including phenoxy) is 1. The summed E-state index contributed by atoms with van der Waals surface area (Å²) < 4.78 is 11.6. The third-order valence-electron chi connectivity index (χ3n) is 3.68. The molecule has 1 aromatic carbocycles. The predicted molar refractivity (Wildman–Crippen MR) is 93.5 cm³/mol. The molecule has 0 saturated heterocycles. The van der Waals surface area contributed by atoms with Gasteiger partial charge in [0.2, 0.25) is 11.9 Å². The minimum atomic E-state index is -0.876. The van der Waals surface area contributed by atoms with Crippen molar-refractivity contribution in [2.45, 2.75) is 19.6 Å². The highest BCUT2D eigenvalue weighted by molar-refractivity contribution is 5.79. The van der Waals surface area contributed by atoms with Gasteiger partial charge in [0.25, 0.3) is 0 Å². The van der Waals surface area contributed by atoms with Crippen LogP contribution in [0, 0.1) is 0 Å². The van der Waals surface area contributed by atoms with E-state index >= 15 is 0 Å². The number of carbonyl (C=O) groups is 1. The Labute approximate surface area is 148 Å². The molecule has 0 spiro atoms. The Morgan fingerprint density at radius 1 is 1.31 bits per heavy atom. The third kappa shape index (κ3) is 3.34. The van der Waals surface area contributed by atoms with Gasteiger partial charge in [-0.2, -0.15) is 15.0 Å². The molecule has 0 amide bonds. The van der Waals surface area contributed by atoms with Gasteiger partial charge in [-0.05, 0) is 19.1 Å². The van der Waals surface area contributed by atoms with Crippen LogP contribution in [-0.4, -0.2) is 39.6 Å². The molecule has 0 unspecified atom stereocenters. The molecule has 0 aliphatic rings. The van der Waals surface area contributed by atoms with E-state index in [9.17, 15) is 9.59 Å². The average Bonchev–Trinajstić information content (AvgIpc) is 2.94. The lowest BCUT2D eigenvalue weighted by atomic mass is 10.3. The molecule has 26 heavy (non-hydrogen) atoms. The minimum absolute atomic E-state index is 0.0276. The highest BCUT2D eigenvalue weighted by atomic mass is 16.5. The fraction of sp³-hybridized carbons (Fsp3) is 0.312. The second-order valence-corrected chi connectivity index (χ2v) is 5.79. The highest BCUT2D eigenvalue weighted by Gasteiger charge is 2.23. The van der Waals surface area contributed by atoms with E-state index in [0.29, 0.717) is 17.0 Å². The Balaban J connectivity index is 1.78. The summed E-state index contributed by atoms with van der Waals surface area (Å²) in [7, 11) is 3.51. The van der Waals surface area contributed by atoms with E-state index in [1.165, 1.54) is 4.57 Å². The van der Waals surface area contributed by atoms with Gasteiger partial charge in [-0.1, -0.05) is 12.1 Å². The molecule has 0 aliphatic carbocycles. The van der Waals surface area contributed by atoms with Crippen LogP contribution in [0.15, 0.2) is 33.5 Å². The number of rotatable bonds is 5. The Morgan fingerprint density at radius 3 is 2.77 bits per heavy atom. The monoisotopic (exact) mass is 358 g/mol. The van der Waals surface area contributed by atoms with Crippen LogP contribution >= 0.6 is 0 Å². The molecule has 10 nitrogen and oxygen atoms in total. The summed E-state index contributed by atoms with van der Waals surface area (Å²) in [6.45, 7) is 1.36. The van der Waals surface area contributed by atoms with Crippen molar-refractivity contribution in [2.24, 2.45) is 0 Å². The number of oxazole rings is 1. The number of carbonyl (C=O) groups excluding carboxylic acids is 1. The number of hydrogen-bond acceptors (Lipinski definition) is 9. The molecule has 2 aromatic heterocycles. The number of benzene rings is 1. The molecule has 0 fully saturated rings. The summed E-state index contributed by atoms with van der Waals surface area (Å²) in [6.07, 6.45) is 0. The van der Waals surface area contributed by atoms with Crippen LogP contribution in [0.1, 0.15) is 18.8 Å². The van der Waals surface area contributed by atoms with Crippen molar-refractivity contribution >= 4 is 29.0 Å². The number of para-hydroxylation sites is 2. The molecule has 0 radical (unpaired) electrons. The Hall–Kier alpha value is -3.43. The van der Waals surface area contributed by atoms with E-state index in [2.05, 4.69) is 15.0 Å². The molecule has 136 valence electrons. The van der Waals surface area contributed by atoms with E-state index in [0.717, 1.165) is 0 Å². The van der Waals surface area contributed by atoms with Crippen LogP contribution in [0.25, 0.3) is 11.1 Å². The van der Waals surface area contributed by atoms with Gasteiger partial charge >= 0.3 is 11.7 Å². The molecule has 3 aromatic rings. The fourth-order valence-electron chi connectivity index (χ4n) is 2.40. The summed E-state index contributed by atoms with van der Waals surface area (Å²) >= 11 is 0. The van der Waals surface area contributed by atoms with Gasteiger partial charge in [0.15, 0.2) is 18.0 Å². The van der Waals surface area contributed by atoms with Crippen LogP contribution < -0.4 is 16.4 Å². The Morgan fingerprint density at radius 2 is 2.04 bits per heavy atom.